The van der Waals surface area contributed by atoms with E-state index >= 15 is 0 Å². The molecule has 5 nitrogen and oxygen atoms in total. The first-order valence-corrected chi connectivity index (χ1v) is 8.56. The van der Waals surface area contributed by atoms with Crippen LogP contribution in [0.5, 0.6) is 0 Å². The van der Waals surface area contributed by atoms with Crippen LogP contribution in [0.1, 0.15) is 12.5 Å². The smallest absolute Gasteiger partial charge is 0.266 e. The zero-order chi connectivity index (χ0) is 18.2. The van der Waals surface area contributed by atoms with Gasteiger partial charge in [0.25, 0.3) is 11.1 Å². The van der Waals surface area contributed by atoms with E-state index in [0.29, 0.717) is 13.0 Å². The number of rotatable bonds is 8. The van der Waals surface area contributed by atoms with E-state index in [1.54, 1.807) is 13.0 Å². The molecule has 6 heteroatoms. The SMILES string of the molecule is C=CCO[C@H](C(=O)N1C(=S)OC[C@@H]1Cc1ccccc1)[C@H](O)/C=C/C. The Hall–Kier alpha value is -2.02. The Kier molecular flexibility index (Phi) is 7.31. The van der Waals surface area contributed by atoms with E-state index in [0.717, 1.165) is 5.56 Å². The molecule has 1 aromatic rings. The molecule has 3 atom stereocenters. The van der Waals surface area contributed by atoms with Gasteiger partial charge in [0.2, 0.25) is 0 Å². The van der Waals surface area contributed by atoms with Crippen molar-refractivity contribution in [3.8, 4) is 0 Å². The predicted octanol–water partition coefficient (Wildman–Crippen LogP) is 2.25. The highest BCUT2D eigenvalue weighted by atomic mass is 32.1. The molecule has 1 fully saturated rings. The van der Waals surface area contributed by atoms with Crippen molar-refractivity contribution in [2.24, 2.45) is 0 Å². The van der Waals surface area contributed by atoms with Gasteiger partial charge >= 0.3 is 0 Å². The van der Waals surface area contributed by atoms with Crippen LogP contribution in [0.4, 0.5) is 0 Å². The normalized spacial score (nSPS) is 19.7. The summed E-state index contributed by atoms with van der Waals surface area (Å²) >= 11 is 5.20. The van der Waals surface area contributed by atoms with E-state index in [9.17, 15) is 9.90 Å². The molecule has 1 heterocycles. The Balaban J connectivity index is 2.18. The predicted molar refractivity (Wildman–Crippen MR) is 100 cm³/mol. The van der Waals surface area contributed by atoms with E-state index in [-0.39, 0.29) is 17.8 Å². The summed E-state index contributed by atoms with van der Waals surface area (Å²) in [4.78, 5) is 14.4. The first-order chi connectivity index (χ1) is 12.1. The molecule has 0 aromatic heterocycles. The van der Waals surface area contributed by atoms with Gasteiger partial charge in [0.05, 0.1) is 12.6 Å². The van der Waals surface area contributed by atoms with Gasteiger partial charge in [0.15, 0.2) is 6.10 Å². The fourth-order valence-corrected chi connectivity index (χ4v) is 3.00. The number of amides is 1. The third-order valence-corrected chi connectivity index (χ3v) is 4.16. The van der Waals surface area contributed by atoms with E-state index in [2.05, 4.69) is 6.58 Å². The molecule has 25 heavy (non-hydrogen) atoms. The Labute approximate surface area is 153 Å². The van der Waals surface area contributed by atoms with Crippen LogP contribution >= 0.6 is 12.2 Å². The van der Waals surface area contributed by atoms with Gasteiger partial charge in [0, 0.05) is 0 Å². The second kappa shape index (κ2) is 9.46. The summed E-state index contributed by atoms with van der Waals surface area (Å²) in [5.41, 5.74) is 1.08. The number of aliphatic hydroxyl groups is 1. The molecule has 1 N–H and O–H groups in total. The van der Waals surface area contributed by atoms with Crippen LogP contribution in [0.3, 0.4) is 0 Å². The Morgan fingerprint density at radius 1 is 1.52 bits per heavy atom. The Bertz CT molecular complexity index is 632. The number of hydrogen-bond acceptors (Lipinski definition) is 5. The molecule has 0 radical (unpaired) electrons. The van der Waals surface area contributed by atoms with Gasteiger partial charge < -0.3 is 14.6 Å². The molecular formula is C19H23NO4S. The lowest BCUT2D eigenvalue weighted by atomic mass is 10.0. The third-order valence-electron chi connectivity index (χ3n) is 3.85. The van der Waals surface area contributed by atoms with E-state index in [1.807, 2.05) is 30.3 Å². The number of benzene rings is 1. The lowest BCUT2D eigenvalue weighted by molar-refractivity contribution is -0.145. The molecule has 2 rings (SSSR count). The van der Waals surface area contributed by atoms with Crippen molar-refractivity contribution in [2.45, 2.75) is 31.6 Å². The lowest BCUT2D eigenvalue weighted by Crippen LogP contribution is -2.50. The second-order valence-electron chi connectivity index (χ2n) is 5.69. The molecule has 0 saturated carbocycles. The highest BCUT2D eigenvalue weighted by molar-refractivity contribution is 7.80. The highest BCUT2D eigenvalue weighted by Crippen LogP contribution is 2.20. The van der Waals surface area contributed by atoms with Gasteiger partial charge in [0.1, 0.15) is 12.7 Å². The van der Waals surface area contributed by atoms with Crippen molar-refractivity contribution >= 4 is 23.3 Å². The van der Waals surface area contributed by atoms with Crippen molar-refractivity contribution in [3.63, 3.8) is 0 Å². The molecule has 1 aliphatic rings. The van der Waals surface area contributed by atoms with Gasteiger partial charge in [-0.25, -0.2) is 0 Å². The van der Waals surface area contributed by atoms with Gasteiger partial charge in [-0.15, -0.1) is 6.58 Å². The van der Waals surface area contributed by atoms with Crippen molar-refractivity contribution in [2.75, 3.05) is 13.2 Å². The highest BCUT2D eigenvalue weighted by Gasteiger charge is 2.40. The molecule has 1 aromatic carbocycles. The van der Waals surface area contributed by atoms with Crippen molar-refractivity contribution in [1.82, 2.24) is 4.90 Å². The zero-order valence-electron chi connectivity index (χ0n) is 14.2. The molecule has 0 unspecified atom stereocenters. The number of ether oxygens (including phenoxy) is 2. The molecule has 0 aliphatic carbocycles. The van der Waals surface area contributed by atoms with Crippen molar-refractivity contribution in [3.05, 3.63) is 60.7 Å². The molecule has 1 aliphatic heterocycles. The summed E-state index contributed by atoms with van der Waals surface area (Å²) < 4.78 is 10.9. The largest absolute Gasteiger partial charge is 0.468 e. The van der Waals surface area contributed by atoms with Crippen LogP contribution in [-0.2, 0) is 20.7 Å². The zero-order valence-corrected chi connectivity index (χ0v) is 15.0. The van der Waals surface area contributed by atoms with Crippen LogP contribution < -0.4 is 0 Å². The minimum atomic E-state index is -1.07. The average molecular weight is 361 g/mol. The van der Waals surface area contributed by atoms with Gasteiger partial charge in [-0.3, -0.25) is 9.69 Å². The topological polar surface area (TPSA) is 59.0 Å². The first-order valence-electron chi connectivity index (χ1n) is 8.15. The maximum atomic E-state index is 13.0. The number of hydrogen-bond donors (Lipinski definition) is 1. The summed E-state index contributed by atoms with van der Waals surface area (Å²) in [7, 11) is 0. The van der Waals surface area contributed by atoms with Gasteiger partial charge in [-0.2, -0.15) is 0 Å². The first kappa shape index (κ1) is 19.3. The number of carbonyl (C=O) groups excluding carboxylic acids is 1. The standard InChI is InChI=1S/C19H23NO4S/c1-3-8-16(21)17(23-11-4-2)18(22)20-15(13-24-19(20)25)12-14-9-6-5-7-10-14/h3-10,15-17,21H,2,11-13H2,1H3/b8-3+/t15-,16+,17-/m0/s1. The maximum absolute atomic E-state index is 13.0. The van der Waals surface area contributed by atoms with E-state index in [1.165, 1.54) is 17.1 Å². The summed E-state index contributed by atoms with van der Waals surface area (Å²) in [5, 5.41) is 10.4. The molecule has 0 spiro atoms. The van der Waals surface area contributed by atoms with Crippen LogP contribution in [-0.4, -0.2) is 52.6 Å². The fourth-order valence-electron chi connectivity index (χ4n) is 2.69. The quantitative estimate of drug-likeness (QED) is 0.568. The average Bonchev–Trinajstić information content (AvgIpc) is 2.96. The Morgan fingerprint density at radius 2 is 2.24 bits per heavy atom. The van der Waals surface area contributed by atoms with Crippen LogP contribution in [0.25, 0.3) is 0 Å². The second-order valence-corrected chi connectivity index (χ2v) is 6.04. The minimum Gasteiger partial charge on any atom is -0.468 e. The maximum Gasteiger partial charge on any atom is 0.266 e. The number of thiocarbonyl (C=S) groups is 1. The molecular weight excluding hydrogens is 338 g/mol. The summed E-state index contributed by atoms with van der Waals surface area (Å²) in [5.74, 6) is -0.407. The van der Waals surface area contributed by atoms with Crippen molar-refractivity contribution < 1.29 is 19.4 Å². The van der Waals surface area contributed by atoms with Gasteiger partial charge in [-0.05, 0) is 31.1 Å². The fraction of sp³-hybridized carbons (Fsp3) is 0.368. The van der Waals surface area contributed by atoms with Crippen LogP contribution in [0.15, 0.2) is 55.1 Å². The minimum absolute atomic E-state index is 0.116. The summed E-state index contributed by atoms with van der Waals surface area (Å²) in [6.45, 7) is 5.82. The molecule has 1 saturated heterocycles. The third kappa shape index (κ3) is 4.98. The number of nitrogens with zero attached hydrogens (tertiary/aromatic N) is 1. The summed E-state index contributed by atoms with van der Waals surface area (Å²) in [6, 6.07) is 9.59. The summed E-state index contributed by atoms with van der Waals surface area (Å²) in [6.07, 6.45) is 3.19. The van der Waals surface area contributed by atoms with Crippen LogP contribution in [0.2, 0.25) is 0 Å². The van der Waals surface area contributed by atoms with E-state index < -0.39 is 18.1 Å². The molecule has 0 bridgehead atoms. The molecule has 134 valence electrons. The number of aliphatic hydroxyl groups excluding tert-OH is 1. The number of allylic oxidation sites excluding steroid dienone is 1. The van der Waals surface area contributed by atoms with Crippen LogP contribution in [0, 0.1) is 0 Å². The van der Waals surface area contributed by atoms with Gasteiger partial charge in [-0.1, -0.05) is 48.6 Å². The number of carbonyl (C=O) groups is 1. The molecule has 1 amide bonds. The lowest BCUT2D eigenvalue weighted by Gasteiger charge is -2.27. The van der Waals surface area contributed by atoms with Crippen molar-refractivity contribution in [1.29, 1.82) is 0 Å². The Morgan fingerprint density at radius 3 is 2.88 bits per heavy atom. The van der Waals surface area contributed by atoms with E-state index in [4.69, 9.17) is 21.7 Å². The monoisotopic (exact) mass is 361 g/mol.